The summed E-state index contributed by atoms with van der Waals surface area (Å²) in [6, 6.07) is 1.25. The van der Waals surface area contributed by atoms with Crippen LogP contribution in [0.25, 0.3) is 0 Å². The molecule has 0 spiro atoms. The molecule has 4 aliphatic rings. The first kappa shape index (κ1) is 20.3. The lowest BCUT2D eigenvalue weighted by Crippen LogP contribution is -2.52. The van der Waals surface area contributed by atoms with Gasteiger partial charge in [0.25, 0.3) is 0 Å². The Balaban J connectivity index is 1.51. The van der Waals surface area contributed by atoms with Crippen LogP contribution < -0.4 is 4.72 Å². The lowest BCUT2D eigenvalue weighted by molar-refractivity contribution is -0.440. The van der Waals surface area contributed by atoms with Gasteiger partial charge >= 0.3 is 11.9 Å². The van der Waals surface area contributed by atoms with E-state index in [9.17, 15) is 18.0 Å². The van der Waals surface area contributed by atoms with Gasteiger partial charge in [0.05, 0.1) is 12.2 Å². The summed E-state index contributed by atoms with van der Waals surface area (Å²) in [7, 11) is -3.70. The van der Waals surface area contributed by atoms with Crippen molar-refractivity contribution in [3.8, 4) is 0 Å². The average Bonchev–Trinajstić information content (AvgIpc) is 3.63. The molecule has 164 valence electrons. The number of aryl methyl sites for hydroxylation is 1. The minimum Gasteiger partial charge on any atom is -0.357 e. The third kappa shape index (κ3) is 3.89. The predicted octanol–water partition coefficient (Wildman–Crippen LogP) is 1.65. The van der Waals surface area contributed by atoms with Crippen molar-refractivity contribution >= 4 is 27.7 Å². The molecule has 1 aliphatic heterocycles. The van der Waals surface area contributed by atoms with Crippen molar-refractivity contribution in [2.75, 3.05) is 6.54 Å². The van der Waals surface area contributed by atoms with E-state index in [4.69, 9.17) is 4.52 Å². The van der Waals surface area contributed by atoms with Crippen LogP contribution in [0.5, 0.6) is 0 Å². The number of amides is 3. The topological polar surface area (TPSA) is 113 Å². The predicted molar refractivity (Wildman–Crippen MR) is 111 cm³/mol. The summed E-state index contributed by atoms with van der Waals surface area (Å²) in [4.78, 5) is 27.6. The van der Waals surface area contributed by atoms with E-state index in [0.717, 1.165) is 30.6 Å². The summed E-state index contributed by atoms with van der Waals surface area (Å²) < 4.78 is 35.3. The Morgan fingerprint density at radius 1 is 1.32 bits per heavy atom. The third-order valence-electron chi connectivity index (χ3n) is 6.15. The number of fused-ring (bicyclic) bond motifs is 1. The van der Waals surface area contributed by atoms with E-state index in [1.807, 2.05) is 6.92 Å². The van der Waals surface area contributed by atoms with Crippen molar-refractivity contribution in [3.63, 3.8) is 0 Å². The first-order chi connectivity index (χ1) is 14.7. The van der Waals surface area contributed by atoms with Crippen molar-refractivity contribution in [1.82, 2.24) is 14.8 Å². The van der Waals surface area contributed by atoms with Crippen molar-refractivity contribution in [1.29, 1.82) is 0 Å². The number of imide groups is 1. The summed E-state index contributed by atoms with van der Waals surface area (Å²) in [6.07, 6.45) is 8.26. The van der Waals surface area contributed by atoms with Gasteiger partial charge in [0.15, 0.2) is 12.3 Å². The SMILES string of the molecule is Cc1cc(CN2C(=O)C3=CC(S(=O)(=O)NC4(C)CC4)C=CC3=[N+](CC3CC3)C2=O)on1. The molecular weight excluding hydrogens is 420 g/mol. The molecule has 10 heteroatoms. The minimum atomic E-state index is -3.70. The number of urea groups is 1. The highest BCUT2D eigenvalue weighted by Crippen LogP contribution is 2.36. The molecule has 2 heterocycles. The molecule has 3 amide bonds. The van der Waals surface area contributed by atoms with Crippen LogP contribution in [0.15, 0.2) is 34.4 Å². The van der Waals surface area contributed by atoms with Crippen LogP contribution in [0.4, 0.5) is 4.79 Å². The van der Waals surface area contributed by atoms with Gasteiger partial charge in [0.2, 0.25) is 10.0 Å². The Bertz CT molecular complexity index is 1170. The van der Waals surface area contributed by atoms with Crippen LogP contribution in [0.1, 0.15) is 44.1 Å². The molecule has 1 atom stereocenters. The van der Waals surface area contributed by atoms with E-state index in [0.29, 0.717) is 29.6 Å². The van der Waals surface area contributed by atoms with Crippen molar-refractivity contribution in [2.24, 2.45) is 5.92 Å². The molecule has 0 saturated heterocycles. The van der Waals surface area contributed by atoms with Crippen LogP contribution in [-0.4, -0.2) is 58.0 Å². The Hall–Kier alpha value is -2.59. The molecule has 1 unspecified atom stereocenters. The van der Waals surface area contributed by atoms with Gasteiger partial charge in [-0.3, -0.25) is 0 Å². The first-order valence-electron chi connectivity index (χ1n) is 10.5. The van der Waals surface area contributed by atoms with E-state index >= 15 is 0 Å². The number of nitrogens with zero attached hydrogens (tertiary/aromatic N) is 3. The lowest BCUT2D eigenvalue weighted by atomic mass is 9.99. The second-order valence-corrected chi connectivity index (χ2v) is 11.0. The van der Waals surface area contributed by atoms with Gasteiger partial charge in [-0.25, -0.2) is 17.9 Å². The molecular formula is C21H25N4O5S+. The monoisotopic (exact) mass is 445 g/mol. The van der Waals surface area contributed by atoms with Gasteiger partial charge in [-0.1, -0.05) is 11.2 Å². The second-order valence-electron chi connectivity index (χ2n) is 9.16. The smallest absolute Gasteiger partial charge is 0.357 e. The third-order valence-corrected chi connectivity index (χ3v) is 7.94. The lowest BCUT2D eigenvalue weighted by Gasteiger charge is -2.26. The van der Waals surface area contributed by atoms with Crippen LogP contribution >= 0.6 is 0 Å². The zero-order chi connectivity index (χ0) is 22.0. The second kappa shape index (κ2) is 6.96. The number of allylic oxidation sites excluding steroid dienone is 1. The quantitative estimate of drug-likeness (QED) is 0.639. The number of hydrogen-bond donors (Lipinski definition) is 1. The van der Waals surface area contributed by atoms with E-state index < -0.39 is 32.8 Å². The molecule has 2 saturated carbocycles. The molecule has 5 rings (SSSR count). The fourth-order valence-corrected chi connectivity index (χ4v) is 5.52. The average molecular weight is 446 g/mol. The molecule has 0 aromatic carbocycles. The highest BCUT2D eigenvalue weighted by atomic mass is 32.2. The van der Waals surface area contributed by atoms with E-state index in [1.54, 1.807) is 29.7 Å². The molecule has 9 nitrogen and oxygen atoms in total. The molecule has 1 N–H and O–H groups in total. The van der Waals surface area contributed by atoms with Crippen LogP contribution in [-0.2, 0) is 21.4 Å². The van der Waals surface area contributed by atoms with Gasteiger partial charge in [0.1, 0.15) is 16.5 Å². The number of aromatic nitrogens is 1. The Morgan fingerprint density at radius 3 is 2.68 bits per heavy atom. The number of hydrogen-bond acceptors (Lipinski definition) is 6. The van der Waals surface area contributed by atoms with Crippen molar-refractivity contribution < 1.29 is 27.1 Å². The number of rotatable bonds is 7. The van der Waals surface area contributed by atoms with Crippen molar-refractivity contribution in [3.05, 3.63) is 41.3 Å². The zero-order valence-corrected chi connectivity index (χ0v) is 18.3. The largest absolute Gasteiger partial charge is 0.501 e. The van der Waals surface area contributed by atoms with E-state index in [1.165, 1.54) is 6.08 Å². The molecule has 0 bridgehead atoms. The maximum absolute atomic E-state index is 13.3. The van der Waals surface area contributed by atoms with Crippen LogP contribution in [0.2, 0.25) is 0 Å². The molecule has 31 heavy (non-hydrogen) atoms. The van der Waals surface area contributed by atoms with Gasteiger partial charge in [-0.15, -0.1) is 4.90 Å². The van der Waals surface area contributed by atoms with E-state index in [2.05, 4.69) is 9.88 Å². The fraction of sp³-hybridized carbons (Fsp3) is 0.524. The van der Waals surface area contributed by atoms with Crippen LogP contribution in [0, 0.1) is 12.8 Å². The normalized spacial score (nSPS) is 25.0. The van der Waals surface area contributed by atoms with Gasteiger partial charge < -0.3 is 4.52 Å². The summed E-state index contributed by atoms with van der Waals surface area (Å²) >= 11 is 0. The summed E-state index contributed by atoms with van der Waals surface area (Å²) in [5, 5.41) is 2.84. The molecule has 0 radical (unpaired) electrons. The maximum Gasteiger partial charge on any atom is 0.501 e. The fourth-order valence-electron chi connectivity index (χ4n) is 3.89. The maximum atomic E-state index is 13.3. The van der Waals surface area contributed by atoms with Gasteiger partial charge in [0, 0.05) is 11.6 Å². The number of sulfonamides is 1. The highest BCUT2D eigenvalue weighted by Gasteiger charge is 2.48. The Labute approximate surface area is 180 Å². The van der Waals surface area contributed by atoms with Gasteiger partial charge in [-0.2, -0.15) is 9.37 Å². The summed E-state index contributed by atoms with van der Waals surface area (Å²) in [6.45, 7) is 4.07. The first-order valence-corrected chi connectivity index (χ1v) is 12.1. The Kier molecular flexibility index (Phi) is 4.56. The summed E-state index contributed by atoms with van der Waals surface area (Å²) in [5.41, 5.74) is 0.946. The van der Waals surface area contributed by atoms with Gasteiger partial charge in [-0.05, 0) is 57.6 Å². The molecule has 3 aliphatic carbocycles. The number of nitrogens with one attached hydrogen (secondary N) is 1. The molecule has 2 fully saturated rings. The standard InChI is InChI=1S/C21H25N4O5S/c1-13-9-15(30-22-13)12-25-19(26)17-10-16(31(28,29)23-21(2)7-8-21)5-6-18(17)24(20(25)27)11-14-3-4-14/h5-6,9-10,14,16,23H,3-4,7-8,11-12H2,1-2H3/q+1. The number of carbonyl (C=O) groups excluding carboxylic acids is 2. The zero-order valence-electron chi connectivity index (χ0n) is 17.5. The molecule has 1 aromatic rings. The Morgan fingerprint density at radius 2 is 2.06 bits per heavy atom. The number of carbonyl (C=O) groups is 2. The summed E-state index contributed by atoms with van der Waals surface area (Å²) in [5.74, 6) is 0.267. The van der Waals surface area contributed by atoms with E-state index in [-0.39, 0.29) is 12.1 Å². The van der Waals surface area contributed by atoms with Crippen LogP contribution in [0.3, 0.4) is 0 Å². The van der Waals surface area contributed by atoms with Crippen molar-refractivity contribution in [2.45, 2.75) is 56.9 Å². The minimum absolute atomic E-state index is 0.0538. The highest BCUT2D eigenvalue weighted by molar-refractivity contribution is 7.90. The molecule has 1 aromatic heterocycles.